The number of aromatic nitrogens is 4. The molecule has 1 aliphatic rings. The van der Waals surface area contributed by atoms with Gasteiger partial charge < -0.3 is 20.2 Å². The summed E-state index contributed by atoms with van der Waals surface area (Å²) in [6.07, 6.45) is 5.93. The maximum Gasteiger partial charge on any atom is 0.178 e. The van der Waals surface area contributed by atoms with Crippen molar-refractivity contribution in [1.29, 1.82) is 0 Å². The van der Waals surface area contributed by atoms with Crippen LogP contribution in [0.3, 0.4) is 0 Å². The molecule has 29 heavy (non-hydrogen) atoms. The normalized spacial score (nSPS) is 15.5. The molecule has 1 saturated heterocycles. The molecule has 3 N–H and O–H groups in total. The smallest absolute Gasteiger partial charge is 0.178 e. The molecule has 0 saturated carbocycles. The average molecular weight is 389 g/mol. The third kappa shape index (κ3) is 3.91. The third-order valence-corrected chi connectivity index (χ3v) is 5.87. The second-order valence-corrected chi connectivity index (χ2v) is 8.06. The Bertz CT molecular complexity index is 1120. The first-order valence-electron chi connectivity index (χ1n) is 10.6. The molecule has 1 aromatic carbocycles. The molecule has 1 aliphatic heterocycles. The van der Waals surface area contributed by atoms with Crippen LogP contribution in [-0.2, 0) is 6.54 Å². The van der Waals surface area contributed by atoms with E-state index in [1.54, 1.807) is 0 Å². The summed E-state index contributed by atoms with van der Waals surface area (Å²) in [6, 6.07) is 10.9. The van der Waals surface area contributed by atoms with Crippen LogP contribution in [0.1, 0.15) is 30.7 Å². The van der Waals surface area contributed by atoms with Gasteiger partial charge in [0.1, 0.15) is 5.82 Å². The van der Waals surface area contributed by atoms with Crippen molar-refractivity contribution in [2.24, 2.45) is 0 Å². The first kappa shape index (κ1) is 18.3. The summed E-state index contributed by atoms with van der Waals surface area (Å²) < 4.78 is 0. The number of H-pyrrole nitrogens is 2. The van der Waals surface area contributed by atoms with Crippen LogP contribution in [0.4, 0.5) is 0 Å². The van der Waals surface area contributed by atoms with Crippen LogP contribution in [-0.4, -0.2) is 51.0 Å². The van der Waals surface area contributed by atoms with Crippen LogP contribution in [0.5, 0.6) is 0 Å². The monoisotopic (exact) mass is 388 g/mol. The Morgan fingerprint density at radius 1 is 1.07 bits per heavy atom. The van der Waals surface area contributed by atoms with E-state index in [-0.39, 0.29) is 0 Å². The molecule has 4 aromatic rings. The molecule has 6 heteroatoms. The number of benzene rings is 1. The highest BCUT2D eigenvalue weighted by Gasteiger charge is 2.11. The molecule has 0 bridgehead atoms. The first-order chi connectivity index (χ1) is 14.3. The van der Waals surface area contributed by atoms with E-state index in [4.69, 9.17) is 0 Å². The Morgan fingerprint density at radius 3 is 2.86 bits per heavy atom. The molecule has 1 fully saturated rings. The summed E-state index contributed by atoms with van der Waals surface area (Å²) in [4.78, 5) is 18.3. The first-order valence-corrected chi connectivity index (χ1v) is 10.6. The lowest BCUT2D eigenvalue weighted by molar-refractivity contribution is 0.229. The lowest BCUT2D eigenvalue weighted by Crippen LogP contribution is -2.35. The highest BCUT2D eigenvalue weighted by atomic mass is 15.1. The van der Waals surface area contributed by atoms with Crippen molar-refractivity contribution in [3.63, 3.8) is 0 Å². The molecule has 6 nitrogen and oxygen atoms in total. The van der Waals surface area contributed by atoms with Gasteiger partial charge in [0.05, 0.1) is 5.52 Å². The van der Waals surface area contributed by atoms with Gasteiger partial charge in [-0.1, -0.05) is 12.5 Å². The van der Waals surface area contributed by atoms with E-state index in [1.165, 1.54) is 43.3 Å². The molecule has 0 aliphatic carbocycles. The number of fused-ring (bicyclic) bond motifs is 2. The van der Waals surface area contributed by atoms with Gasteiger partial charge in [-0.15, -0.1) is 0 Å². The number of hydrogen-bond acceptors (Lipinski definition) is 4. The van der Waals surface area contributed by atoms with Gasteiger partial charge >= 0.3 is 0 Å². The predicted molar refractivity (Wildman–Crippen MR) is 118 cm³/mol. The van der Waals surface area contributed by atoms with Gasteiger partial charge in [-0.2, -0.15) is 0 Å². The van der Waals surface area contributed by atoms with Crippen molar-refractivity contribution in [2.75, 3.05) is 26.2 Å². The second kappa shape index (κ2) is 7.97. The van der Waals surface area contributed by atoms with E-state index in [1.807, 2.05) is 19.2 Å². The lowest BCUT2D eigenvalue weighted by atomic mass is 10.1. The van der Waals surface area contributed by atoms with Gasteiger partial charge in [0.2, 0.25) is 0 Å². The number of imidazole rings is 1. The van der Waals surface area contributed by atoms with E-state index in [0.29, 0.717) is 0 Å². The number of piperidine rings is 1. The number of nitrogens with zero attached hydrogens (tertiary/aromatic N) is 3. The fourth-order valence-electron chi connectivity index (χ4n) is 4.34. The van der Waals surface area contributed by atoms with Crippen molar-refractivity contribution < 1.29 is 0 Å². The van der Waals surface area contributed by atoms with Gasteiger partial charge in [0.15, 0.2) is 5.65 Å². The molecule has 5 rings (SSSR count). The van der Waals surface area contributed by atoms with Crippen molar-refractivity contribution in [3.8, 4) is 11.3 Å². The Labute approximate surface area is 170 Å². The number of nitrogens with one attached hydrogen (secondary N) is 3. The Balaban J connectivity index is 1.29. The van der Waals surface area contributed by atoms with Crippen LogP contribution < -0.4 is 5.32 Å². The molecule has 0 atom stereocenters. The minimum atomic E-state index is 0.761. The Kier molecular flexibility index (Phi) is 5.04. The molecule has 150 valence electrons. The fourth-order valence-corrected chi connectivity index (χ4v) is 4.34. The highest BCUT2D eigenvalue weighted by molar-refractivity contribution is 5.94. The van der Waals surface area contributed by atoms with E-state index in [9.17, 15) is 0 Å². The Morgan fingerprint density at radius 2 is 1.97 bits per heavy atom. The van der Waals surface area contributed by atoms with Crippen LogP contribution in [0, 0.1) is 6.92 Å². The van der Waals surface area contributed by atoms with Gasteiger partial charge in [0, 0.05) is 48.0 Å². The standard InChI is InChI=1S/C23H28N6/c1-16-26-22-19(7-8-25-23(22)27-16)21-14-18-13-17(5-6-20(18)28-21)15-24-9-12-29-10-3-2-4-11-29/h5-8,13-14,24,28H,2-4,9-12,15H2,1H3,(H,25,26,27). The zero-order valence-corrected chi connectivity index (χ0v) is 17.0. The summed E-state index contributed by atoms with van der Waals surface area (Å²) in [5, 5.41) is 4.84. The van der Waals surface area contributed by atoms with Crippen LogP contribution in [0.2, 0.25) is 0 Å². The zero-order valence-electron chi connectivity index (χ0n) is 17.0. The molecular weight excluding hydrogens is 360 g/mol. The van der Waals surface area contributed by atoms with E-state index < -0.39 is 0 Å². The van der Waals surface area contributed by atoms with Crippen molar-refractivity contribution in [2.45, 2.75) is 32.7 Å². The maximum absolute atomic E-state index is 4.45. The number of hydrogen-bond donors (Lipinski definition) is 3. The van der Waals surface area contributed by atoms with E-state index >= 15 is 0 Å². The molecule has 0 unspecified atom stereocenters. The van der Waals surface area contributed by atoms with Crippen molar-refractivity contribution in [3.05, 3.63) is 47.9 Å². The Hall–Kier alpha value is -2.70. The number of pyridine rings is 1. The molecule has 0 amide bonds. The summed E-state index contributed by atoms with van der Waals surface area (Å²) in [5.74, 6) is 0.883. The molecular formula is C23H28N6. The summed E-state index contributed by atoms with van der Waals surface area (Å²) in [6.45, 7) is 7.59. The van der Waals surface area contributed by atoms with Crippen molar-refractivity contribution in [1.82, 2.24) is 30.2 Å². The minimum Gasteiger partial charge on any atom is -0.354 e. The zero-order chi connectivity index (χ0) is 19.6. The van der Waals surface area contributed by atoms with E-state index in [0.717, 1.165) is 53.4 Å². The molecule has 3 aromatic heterocycles. The number of likely N-dealkylation sites (tertiary alicyclic amines) is 1. The fraction of sp³-hybridized carbons (Fsp3) is 0.391. The highest BCUT2D eigenvalue weighted by Crippen LogP contribution is 2.29. The molecule has 0 spiro atoms. The molecule has 4 heterocycles. The average Bonchev–Trinajstić information content (AvgIpc) is 3.33. The minimum absolute atomic E-state index is 0.761. The quantitative estimate of drug-likeness (QED) is 0.437. The van der Waals surface area contributed by atoms with Crippen LogP contribution >= 0.6 is 0 Å². The third-order valence-electron chi connectivity index (χ3n) is 5.87. The number of aryl methyl sites for hydroxylation is 1. The SMILES string of the molecule is Cc1nc2nccc(-c3cc4cc(CNCCN5CCCCC5)ccc4[nH]3)c2[nH]1. The molecule has 0 radical (unpaired) electrons. The van der Waals surface area contributed by atoms with Gasteiger partial charge in [0.25, 0.3) is 0 Å². The largest absolute Gasteiger partial charge is 0.354 e. The predicted octanol–water partition coefficient (Wildman–Crippen LogP) is 3.99. The number of aromatic amines is 2. The van der Waals surface area contributed by atoms with Crippen molar-refractivity contribution >= 4 is 22.1 Å². The number of rotatable bonds is 6. The summed E-state index contributed by atoms with van der Waals surface area (Å²) in [7, 11) is 0. The topological polar surface area (TPSA) is 72.6 Å². The summed E-state index contributed by atoms with van der Waals surface area (Å²) >= 11 is 0. The van der Waals surface area contributed by atoms with Crippen LogP contribution in [0.25, 0.3) is 33.3 Å². The lowest BCUT2D eigenvalue weighted by Gasteiger charge is -2.26. The maximum atomic E-state index is 4.45. The van der Waals surface area contributed by atoms with Crippen LogP contribution in [0.15, 0.2) is 36.5 Å². The second-order valence-electron chi connectivity index (χ2n) is 8.06. The van der Waals surface area contributed by atoms with E-state index in [2.05, 4.69) is 54.4 Å². The van der Waals surface area contributed by atoms with Gasteiger partial charge in [-0.3, -0.25) is 0 Å². The van der Waals surface area contributed by atoms with Gasteiger partial charge in [-0.05, 0) is 62.7 Å². The summed E-state index contributed by atoms with van der Waals surface area (Å²) in [5.41, 5.74) is 6.41. The van der Waals surface area contributed by atoms with Gasteiger partial charge in [-0.25, -0.2) is 9.97 Å².